The molecule has 0 aliphatic rings. The first-order chi connectivity index (χ1) is 5.87. The van der Waals surface area contributed by atoms with Crippen LogP contribution in [-0.2, 0) is 9.36 Å². The zero-order chi connectivity index (χ0) is 10.5. The molecular weight excluding hydrogens is 197 g/mol. The fraction of sp³-hybridized carbons (Fsp3) is 0.833. The number of carboxylic acid groups (broad SMARTS) is 1. The van der Waals surface area contributed by atoms with Gasteiger partial charge in [0, 0.05) is 6.16 Å². The van der Waals surface area contributed by atoms with Crippen LogP contribution in [0.25, 0.3) is 0 Å². The van der Waals surface area contributed by atoms with Crippen molar-refractivity contribution >= 4 is 13.6 Å². The third-order valence-corrected chi connectivity index (χ3v) is 2.49. The minimum Gasteiger partial charge on any atom is -0.480 e. The van der Waals surface area contributed by atoms with E-state index in [1.54, 1.807) is 0 Å². The molecule has 6 nitrogen and oxygen atoms in total. The molecule has 7 heteroatoms. The average molecular weight is 211 g/mol. The Kier molecular flexibility index (Phi) is 5.17. The molecule has 0 heterocycles. The first-order valence-electron chi connectivity index (χ1n) is 3.81. The van der Waals surface area contributed by atoms with Crippen LogP contribution in [0.15, 0.2) is 0 Å². The lowest BCUT2D eigenvalue weighted by Crippen LogP contribution is -2.33. The average Bonchev–Trinajstić information content (AvgIpc) is 1.95. The molecule has 0 bridgehead atoms. The predicted molar refractivity (Wildman–Crippen MR) is 46.6 cm³/mol. The summed E-state index contributed by atoms with van der Waals surface area (Å²) < 4.78 is 10.4. The summed E-state index contributed by atoms with van der Waals surface area (Å²) in [5.41, 5.74) is 0. The van der Waals surface area contributed by atoms with Crippen LogP contribution in [0.2, 0.25) is 0 Å². The fourth-order valence-electron chi connectivity index (χ4n) is 0.893. The van der Waals surface area contributed by atoms with Gasteiger partial charge in [-0.25, -0.2) is 0 Å². The Labute approximate surface area is 76.1 Å². The van der Waals surface area contributed by atoms with Gasteiger partial charge in [-0.3, -0.25) is 9.36 Å². The van der Waals surface area contributed by atoms with Gasteiger partial charge in [-0.2, -0.15) is 0 Å². The van der Waals surface area contributed by atoms with Gasteiger partial charge in [0.15, 0.2) is 0 Å². The molecule has 0 rings (SSSR count). The molecule has 0 aliphatic carbocycles. The van der Waals surface area contributed by atoms with E-state index in [4.69, 9.17) is 14.9 Å². The Morgan fingerprint density at radius 3 is 2.38 bits per heavy atom. The maximum Gasteiger partial charge on any atom is 0.325 e. The Hall–Kier alpha value is -0.420. The van der Waals surface area contributed by atoms with Crippen LogP contribution >= 0.6 is 7.60 Å². The second-order valence-electron chi connectivity index (χ2n) is 2.71. The molecule has 0 fully saturated rings. The van der Waals surface area contributed by atoms with Crippen molar-refractivity contribution < 1.29 is 24.3 Å². The summed E-state index contributed by atoms with van der Waals surface area (Å²) >= 11 is 0. The molecular formula is C6H14NO5P. The van der Waals surface area contributed by atoms with Gasteiger partial charge >= 0.3 is 13.6 Å². The van der Waals surface area contributed by atoms with Crippen LogP contribution in [0, 0.1) is 0 Å². The molecule has 0 aromatic heterocycles. The lowest BCUT2D eigenvalue weighted by Gasteiger charge is -2.10. The van der Waals surface area contributed by atoms with E-state index in [2.05, 4.69) is 5.32 Å². The maximum atomic E-state index is 10.4. The van der Waals surface area contributed by atoms with Crippen LogP contribution in [-0.4, -0.2) is 40.1 Å². The lowest BCUT2D eigenvalue weighted by atomic mass is 10.2. The number of nitrogens with one attached hydrogen (secondary N) is 1. The quantitative estimate of drug-likeness (QED) is 0.446. The van der Waals surface area contributed by atoms with Crippen molar-refractivity contribution in [2.24, 2.45) is 0 Å². The zero-order valence-corrected chi connectivity index (χ0v) is 8.20. The molecule has 13 heavy (non-hydrogen) atoms. The van der Waals surface area contributed by atoms with E-state index < -0.39 is 19.6 Å². The van der Waals surface area contributed by atoms with Gasteiger partial charge in [-0.05, 0) is 19.9 Å². The molecule has 0 aromatic rings. The first-order valence-corrected chi connectivity index (χ1v) is 5.61. The normalized spacial score (nSPS) is 14.1. The van der Waals surface area contributed by atoms with Crippen LogP contribution in [0.4, 0.5) is 0 Å². The number of hydrogen-bond acceptors (Lipinski definition) is 3. The van der Waals surface area contributed by atoms with Crippen molar-refractivity contribution in [2.45, 2.75) is 18.9 Å². The topological polar surface area (TPSA) is 107 Å². The lowest BCUT2D eigenvalue weighted by molar-refractivity contribution is -0.139. The molecule has 4 N–H and O–H groups in total. The van der Waals surface area contributed by atoms with Crippen molar-refractivity contribution in [1.82, 2.24) is 5.32 Å². The molecule has 1 unspecified atom stereocenters. The zero-order valence-electron chi connectivity index (χ0n) is 7.30. The van der Waals surface area contributed by atoms with Gasteiger partial charge in [0.05, 0.1) is 0 Å². The molecule has 1 atom stereocenters. The Morgan fingerprint density at radius 1 is 1.54 bits per heavy atom. The standard InChI is InChI=1S/C6H14NO5P/c1-7-5(6(8)9)3-2-4-13(10,11)12/h5,7H,2-4H2,1H3,(H,8,9)(H2,10,11,12). The summed E-state index contributed by atoms with van der Waals surface area (Å²) in [6, 6.07) is -0.730. The van der Waals surface area contributed by atoms with E-state index in [1.165, 1.54) is 7.05 Å². The first kappa shape index (κ1) is 12.6. The van der Waals surface area contributed by atoms with E-state index in [9.17, 15) is 9.36 Å². The third kappa shape index (κ3) is 6.72. The highest BCUT2D eigenvalue weighted by Crippen LogP contribution is 2.35. The summed E-state index contributed by atoms with van der Waals surface area (Å²) in [4.78, 5) is 27.4. The third-order valence-electron chi connectivity index (χ3n) is 1.59. The van der Waals surface area contributed by atoms with E-state index >= 15 is 0 Å². The molecule has 0 saturated heterocycles. The molecule has 0 saturated carbocycles. The molecule has 0 aromatic carbocycles. The SMILES string of the molecule is CNC(CCCP(=O)(O)O)C(=O)O. The van der Waals surface area contributed by atoms with Gasteiger partial charge in [-0.1, -0.05) is 0 Å². The van der Waals surface area contributed by atoms with E-state index in [0.717, 1.165) is 0 Å². The van der Waals surface area contributed by atoms with Crippen LogP contribution in [0.1, 0.15) is 12.8 Å². The Balaban J connectivity index is 3.74. The van der Waals surface area contributed by atoms with E-state index in [0.29, 0.717) is 0 Å². The van der Waals surface area contributed by atoms with Gasteiger partial charge in [0.2, 0.25) is 0 Å². The van der Waals surface area contributed by atoms with Gasteiger partial charge in [-0.15, -0.1) is 0 Å². The molecule has 0 spiro atoms. The van der Waals surface area contributed by atoms with Gasteiger partial charge < -0.3 is 20.2 Å². The van der Waals surface area contributed by atoms with Gasteiger partial charge in [0.1, 0.15) is 6.04 Å². The molecule has 78 valence electrons. The van der Waals surface area contributed by atoms with Crippen molar-refractivity contribution in [3.8, 4) is 0 Å². The van der Waals surface area contributed by atoms with Crippen LogP contribution in [0.5, 0.6) is 0 Å². The summed E-state index contributed by atoms with van der Waals surface area (Å²) in [6.07, 6.45) is 0.150. The molecule has 0 radical (unpaired) electrons. The maximum absolute atomic E-state index is 10.4. The second-order valence-corrected chi connectivity index (χ2v) is 4.49. The monoisotopic (exact) mass is 211 g/mol. The van der Waals surface area contributed by atoms with Crippen molar-refractivity contribution in [1.29, 1.82) is 0 Å². The minimum absolute atomic E-state index is 0.197. The summed E-state index contributed by atoms with van der Waals surface area (Å²) in [5.74, 6) is -1.01. The number of likely N-dealkylation sites (N-methyl/N-ethyl adjacent to an activating group) is 1. The minimum atomic E-state index is -3.98. The number of rotatable bonds is 6. The van der Waals surface area contributed by atoms with Gasteiger partial charge in [0.25, 0.3) is 0 Å². The summed E-state index contributed by atoms with van der Waals surface area (Å²) in [7, 11) is -2.49. The van der Waals surface area contributed by atoms with E-state index in [-0.39, 0.29) is 19.0 Å². The van der Waals surface area contributed by atoms with Crippen LogP contribution < -0.4 is 5.32 Å². The molecule has 0 aliphatic heterocycles. The predicted octanol–water partition coefficient (Wildman–Crippen LogP) is -0.383. The Bertz CT molecular complexity index is 213. The Morgan fingerprint density at radius 2 is 2.08 bits per heavy atom. The highest BCUT2D eigenvalue weighted by atomic mass is 31.2. The summed E-state index contributed by atoms with van der Waals surface area (Å²) in [6.45, 7) is 0. The fourth-order valence-corrected chi connectivity index (χ4v) is 1.49. The highest BCUT2D eigenvalue weighted by molar-refractivity contribution is 7.51. The second kappa shape index (κ2) is 5.34. The number of carbonyl (C=O) groups is 1. The van der Waals surface area contributed by atoms with Crippen molar-refractivity contribution in [3.05, 3.63) is 0 Å². The van der Waals surface area contributed by atoms with E-state index in [1.807, 2.05) is 0 Å². The number of aliphatic carboxylic acids is 1. The largest absolute Gasteiger partial charge is 0.480 e. The number of hydrogen-bond donors (Lipinski definition) is 4. The number of carboxylic acids is 1. The van der Waals surface area contributed by atoms with Crippen molar-refractivity contribution in [2.75, 3.05) is 13.2 Å². The van der Waals surface area contributed by atoms with Crippen molar-refractivity contribution in [3.63, 3.8) is 0 Å². The van der Waals surface area contributed by atoms with Crippen LogP contribution in [0.3, 0.4) is 0 Å². The smallest absolute Gasteiger partial charge is 0.325 e. The summed E-state index contributed by atoms with van der Waals surface area (Å²) in [5, 5.41) is 11.1. The molecule has 0 amide bonds. The highest BCUT2D eigenvalue weighted by Gasteiger charge is 2.17.